The van der Waals surface area contributed by atoms with Crippen molar-refractivity contribution < 1.29 is 9.47 Å². The van der Waals surface area contributed by atoms with Gasteiger partial charge in [0.15, 0.2) is 5.79 Å². The van der Waals surface area contributed by atoms with Gasteiger partial charge in [-0.05, 0) is 39.3 Å². The molecule has 0 aromatic carbocycles. The zero-order valence-electron chi connectivity index (χ0n) is 12.9. The summed E-state index contributed by atoms with van der Waals surface area (Å²) in [5, 5.41) is 3.31. The van der Waals surface area contributed by atoms with Crippen molar-refractivity contribution >= 4 is 23.5 Å². The second-order valence-electron chi connectivity index (χ2n) is 5.23. The van der Waals surface area contributed by atoms with E-state index in [4.69, 9.17) is 21.1 Å². The highest BCUT2D eigenvalue weighted by Crippen LogP contribution is 2.22. The number of anilines is 2. The van der Waals surface area contributed by atoms with Gasteiger partial charge in [0.1, 0.15) is 6.10 Å². The van der Waals surface area contributed by atoms with Crippen LogP contribution in [0.4, 0.5) is 11.9 Å². The van der Waals surface area contributed by atoms with E-state index < -0.39 is 5.79 Å². The maximum Gasteiger partial charge on any atom is 0.231 e. The maximum atomic E-state index is 5.96. The summed E-state index contributed by atoms with van der Waals surface area (Å²) in [5.74, 6) is 0.492. The first-order valence-corrected chi connectivity index (χ1v) is 7.53. The van der Waals surface area contributed by atoms with Crippen molar-refractivity contribution in [3.63, 3.8) is 0 Å². The molecule has 0 saturated carbocycles. The smallest absolute Gasteiger partial charge is 0.231 e. The van der Waals surface area contributed by atoms with E-state index in [2.05, 4.69) is 20.3 Å². The van der Waals surface area contributed by atoms with Gasteiger partial charge in [-0.25, -0.2) is 0 Å². The van der Waals surface area contributed by atoms with Crippen LogP contribution in [0.25, 0.3) is 0 Å². The van der Waals surface area contributed by atoms with Gasteiger partial charge < -0.3 is 19.7 Å². The normalized spacial score (nSPS) is 20.5. The largest absolute Gasteiger partial charge is 0.351 e. The molecular formula is C13H22ClN5O2. The quantitative estimate of drug-likeness (QED) is 0.860. The number of ether oxygens (including phenoxy) is 2. The van der Waals surface area contributed by atoms with Crippen LogP contribution in [-0.4, -0.2) is 53.1 Å². The maximum absolute atomic E-state index is 5.96. The summed E-state index contributed by atoms with van der Waals surface area (Å²) in [5.41, 5.74) is 0. The van der Waals surface area contributed by atoms with Gasteiger partial charge >= 0.3 is 0 Å². The topological polar surface area (TPSA) is 72.4 Å². The van der Waals surface area contributed by atoms with Crippen LogP contribution in [0, 0.1) is 0 Å². The fraction of sp³-hybridized carbons (Fsp3) is 0.769. The Balaban J connectivity index is 2.00. The van der Waals surface area contributed by atoms with Gasteiger partial charge in [0.2, 0.25) is 17.2 Å². The number of nitrogens with one attached hydrogen (secondary N) is 1. The molecule has 118 valence electrons. The van der Waals surface area contributed by atoms with Crippen LogP contribution in [-0.2, 0) is 9.47 Å². The van der Waals surface area contributed by atoms with Gasteiger partial charge in [-0.2, -0.15) is 15.0 Å². The molecule has 1 aliphatic rings. The lowest BCUT2D eigenvalue weighted by Gasteiger charge is -2.19. The van der Waals surface area contributed by atoms with Crippen molar-refractivity contribution in [3.8, 4) is 0 Å². The van der Waals surface area contributed by atoms with Gasteiger partial charge in [-0.3, -0.25) is 0 Å². The van der Waals surface area contributed by atoms with Gasteiger partial charge in [0.05, 0.1) is 6.61 Å². The monoisotopic (exact) mass is 315 g/mol. The van der Waals surface area contributed by atoms with Crippen molar-refractivity contribution in [2.75, 3.05) is 36.5 Å². The van der Waals surface area contributed by atoms with Crippen LogP contribution in [0.1, 0.15) is 27.7 Å². The summed E-state index contributed by atoms with van der Waals surface area (Å²) >= 11 is 5.96. The molecule has 21 heavy (non-hydrogen) atoms. The summed E-state index contributed by atoms with van der Waals surface area (Å²) < 4.78 is 11.2. The fourth-order valence-electron chi connectivity index (χ4n) is 2.14. The van der Waals surface area contributed by atoms with E-state index in [1.54, 1.807) is 0 Å². The second-order valence-corrected chi connectivity index (χ2v) is 5.57. The van der Waals surface area contributed by atoms with Crippen LogP contribution in [0.2, 0.25) is 5.28 Å². The molecule has 1 N–H and O–H groups in total. The van der Waals surface area contributed by atoms with Crippen LogP contribution < -0.4 is 10.2 Å². The predicted octanol–water partition coefficient (Wildman–Crippen LogP) is 1.93. The molecule has 1 unspecified atom stereocenters. The Hall–Kier alpha value is -1.18. The Morgan fingerprint density at radius 3 is 2.57 bits per heavy atom. The molecule has 1 saturated heterocycles. The molecule has 1 fully saturated rings. The lowest BCUT2D eigenvalue weighted by molar-refractivity contribution is -0.136. The summed E-state index contributed by atoms with van der Waals surface area (Å²) in [7, 11) is 0. The average molecular weight is 316 g/mol. The Kier molecular flexibility index (Phi) is 5.18. The zero-order chi connectivity index (χ0) is 15.5. The lowest BCUT2D eigenvalue weighted by Crippen LogP contribution is -2.28. The summed E-state index contributed by atoms with van der Waals surface area (Å²) in [6, 6.07) is 0. The lowest BCUT2D eigenvalue weighted by atomic mass is 10.4. The number of hydrogen-bond acceptors (Lipinski definition) is 7. The van der Waals surface area contributed by atoms with Gasteiger partial charge in [-0.15, -0.1) is 0 Å². The van der Waals surface area contributed by atoms with E-state index in [1.165, 1.54) is 0 Å². The van der Waals surface area contributed by atoms with E-state index in [1.807, 2.05) is 32.6 Å². The first-order chi connectivity index (χ1) is 9.93. The van der Waals surface area contributed by atoms with E-state index >= 15 is 0 Å². The first-order valence-electron chi connectivity index (χ1n) is 7.15. The minimum absolute atomic E-state index is 0.0348. The Labute approximate surface area is 130 Å². The molecule has 1 aromatic rings. The molecule has 0 aliphatic carbocycles. The summed E-state index contributed by atoms with van der Waals surface area (Å²) in [4.78, 5) is 14.6. The Morgan fingerprint density at radius 1 is 1.29 bits per heavy atom. The van der Waals surface area contributed by atoms with Crippen molar-refractivity contribution in [1.82, 2.24) is 15.0 Å². The molecule has 0 radical (unpaired) electrons. The number of nitrogens with zero attached hydrogens (tertiary/aromatic N) is 4. The second kappa shape index (κ2) is 6.72. The van der Waals surface area contributed by atoms with Crippen molar-refractivity contribution in [2.24, 2.45) is 0 Å². The highest BCUT2D eigenvalue weighted by molar-refractivity contribution is 6.28. The van der Waals surface area contributed by atoms with Crippen molar-refractivity contribution in [1.29, 1.82) is 0 Å². The standard InChI is InChI=1S/C13H22ClN5O2/c1-5-19(6-2)12-17-10(14)16-11(18-12)15-7-9-8-20-13(3,4)21-9/h9H,5-8H2,1-4H3,(H,15,16,17,18). The molecular weight excluding hydrogens is 294 g/mol. The number of aromatic nitrogens is 3. The van der Waals surface area contributed by atoms with Crippen molar-refractivity contribution in [3.05, 3.63) is 5.28 Å². The molecule has 0 bridgehead atoms. The number of rotatable bonds is 6. The molecule has 0 amide bonds. The minimum Gasteiger partial charge on any atom is -0.351 e. The SMILES string of the molecule is CCN(CC)c1nc(Cl)nc(NCC2COC(C)(C)O2)n1. The molecule has 8 heteroatoms. The first kappa shape index (κ1) is 16.2. The number of hydrogen-bond donors (Lipinski definition) is 1. The average Bonchev–Trinajstić information content (AvgIpc) is 2.77. The van der Waals surface area contributed by atoms with Crippen LogP contribution in [0.15, 0.2) is 0 Å². The van der Waals surface area contributed by atoms with E-state index in [9.17, 15) is 0 Å². The zero-order valence-corrected chi connectivity index (χ0v) is 13.6. The van der Waals surface area contributed by atoms with Crippen molar-refractivity contribution in [2.45, 2.75) is 39.6 Å². The predicted molar refractivity (Wildman–Crippen MR) is 81.8 cm³/mol. The molecule has 1 aromatic heterocycles. The molecule has 7 nitrogen and oxygen atoms in total. The minimum atomic E-state index is -0.532. The third-order valence-corrected chi connectivity index (χ3v) is 3.37. The van der Waals surface area contributed by atoms with E-state index in [-0.39, 0.29) is 11.4 Å². The third kappa shape index (κ3) is 4.39. The molecule has 2 rings (SSSR count). The summed E-state index contributed by atoms with van der Waals surface area (Å²) in [6.45, 7) is 10.6. The number of halogens is 1. The van der Waals surface area contributed by atoms with Crippen LogP contribution in [0.5, 0.6) is 0 Å². The fourth-order valence-corrected chi connectivity index (χ4v) is 2.29. The van der Waals surface area contributed by atoms with Gasteiger partial charge in [-0.1, -0.05) is 0 Å². The summed E-state index contributed by atoms with van der Waals surface area (Å²) in [6.07, 6.45) is -0.0348. The van der Waals surface area contributed by atoms with Crippen LogP contribution >= 0.6 is 11.6 Å². The van der Waals surface area contributed by atoms with Gasteiger partial charge in [0, 0.05) is 19.6 Å². The van der Waals surface area contributed by atoms with Gasteiger partial charge in [0.25, 0.3) is 0 Å². The van der Waals surface area contributed by atoms with Crippen LogP contribution in [0.3, 0.4) is 0 Å². The molecule has 0 spiro atoms. The Bertz CT molecular complexity index is 482. The highest BCUT2D eigenvalue weighted by Gasteiger charge is 2.32. The Morgan fingerprint density at radius 2 is 2.00 bits per heavy atom. The molecule has 1 aliphatic heterocycles. The van der Waals surface area contributed by atoms with E-state index in [0.29, 0.717) is 25.0 Å². The van der Waals surface area contributed by atoms with E-state index in [0.717, 1.165) is 13.1 Å². The molecule has 1 atom stereocenters. The third-order valence-electron chi connectivity index (χ3n) is 3.20. The molecule has 2 heterocycles. The highest BCUT2D eigenvalue weighted by atomic mass is 35.5.